The molecule has 3 atom stereocenters. The molecule has 1 amide bonds. The maximum atomic E-state index is 11.5. The van der Waals surface area contributed by atoms with Crippen LogP contribution in [0.3, 0.4) is 0 Å². The van der Waals surface area contributed by atoms with E-state index in [1.165, 1.54) is 36.0 Å². The van der Waals surface area contributed by atoms with E-state index < -0.39 is 0 Å². The first-order valence-electron chi connectivity index (χ1n) is 10.3. The Bertz CT molecular complexity index is 595. The number of hydrogen-bond donors (Lipinski definition) is 0. The van der Waals surface area contributed by atoms with E-state index in [0.29, 0.717) is 11.3 Å². The molecule has 2 nitrogen and oxygen atoms in total. The second-order valence-corrected chi connectivity index (χ2v) is 10.9. The number of carbonyl (C=O) groups is 1. The van der Waals surface area contributed by atoms with Crippen molar-refractivity contribution in [1.29, 1.82) is 0 Å². The summed E-state index contributed by atoms with van der Waals surface area (Å²) < 4.78 is 0. The molecule has 151 valence electrons. The van der Waals surface area contributed by atoms with Gasteiger partial charge in [0.1, 0.15) is 0 Å². The molecule has 3 unspecified atom stereocenters. The van der Waals surface area contributed by atoms with Crippen LogP contribution in [0.5, 0.6) is 0 Å². The van der Waals surface area contributed by atoms with E-state index in [9.17, 15) is 4.79 Å². The molecule has 0 aromatic rings. The third kappa shape index (κ3) is 5.56. The first kappa shape index (κ1) is 25.1. The second kappa shape index (κ2) is 9.69. The Kier molecular flexibility index (Phi) is 9.00. The van der Waals surface area contributed by atoms with Gasteiger partial charge in [0.25, 0.3) is 0 Å². The van der Waals surface area contributed by atoms with Crippen molar-refractivity contribution in [2.75, 3.05) is 0 Å². The van der Waals surface area contributed by atoms with Crippen molar-refractivity contribution in [3.63, 3.8) is 0 Å². The van der Waals surface area contributed by atoms with E-state index in [4.69, 9.17) is 5.73 Å². The van der Waals surface area contributed by atoms with Crippen LogP contribution in [0.2, 0.25) is 13.1 Å². The molecule has 27 heavy (non-hydrogen) atoms. The van der Waals surface area contributed by atoms with E-state index in [1.807, 2.05) is 0 Å². The molecule has 0 aromatic carbocycles. The van der Waals surface area contributed by atoms with Crippen molar-refractivity contribution in [2.45, 2.75) is 86.2 Å². The molecule has 0 spiro atoms. The van der Waals surface area contributed by atoms with Gasteiger partial charge >= 0.3 is 0 Å². The molecule has 0 saturated heterocycles. The first-order valence-corrected chi connectivity index (χ1v) is 12.6. The number of amides is 1. The van der Waals surface area contributed by atoms with Gasteiger partial charge in [-0.3, -0.25) is 6.08 Å². The predicted octanol–water partition coefficient (Wildman–Crippen LogP) is 6.41. The van der Waals surface area contributed by atoms with Crippen LogP contribution in [0.1, 0.15) is 73.1 Å². The Labute approximate surface area is 188 Å². The molecule has 4 saturated carbocycles. The summed E-state index contributed by atoms with van der Waals surface area (Å²) >= 11 is 0. The van der Waals surface area contributed by atoms with Crippen molar-refractivity contribution in [1.82, 2.24) is 0 Å². The van der Waals surface area contributed by atoms with Gasteiger partial charge in [-0.1, -0.05) is 46.7 Å². The van der Waals surface area contributed by atoms with E-state index in [1.54, 1.807) is 0 Å². The Morgan fingerprint density at radius 1 is 1.11 bits per heavy atom. The SMILES string of the molecule is CC12CC3CC(C1)CC(C([NH-])=O)(C3)C2.CC1=[C-]C(C)C(C)=C1C.C[SiH]C.[Hf]. The fraction of sp³-hybridized carbons (Fsp3) is 0.783. The van der Waals surface area contributed by atoms with E-state index in [0.717, 1.165) is 40.6 Å². The van der Waals surface area contributed by atoms with Gasteiger partial charge in [-0.15, -0.1) is 6.92 Å². The monoisotopic (exact) mass is 552 g/mol. The van der Waals surface area contributed by atoms with Crippen LogP contribution >= 0.6 is 0 Å². The van der Waals surface area contributed by atoms with Crippen molar-refractivity contribution in [3.05, 3.63) is 28.5 Å². The topological polar surface area (TPSA) is 40.9 Å². The van der Waals surface area contributed by atoms with Crippen LogP contribution < -0.4 is 0 Å². The number of allylic oxidation sites excluding steroid dienone is 4. The average Bonchev–Trinajstić information content (AvgIpc) is 2.72. The summed E-state index contributed by atoms with van der Waals surface area (Å²) in [6.07, 6.45) is 10.4. The molecule has 0 aliphatic heterocycles. The van der Waals surface area contributed by atoms with E-state index in [2.05, 4.69) is 53.8 Å². The largest absolute Gasteiger partial charge is 0.667 e. The van der Waals surface area contributed by atoms with Crippen LogP contribution in [-0.2, 0) is 30.6 Å². The maximum Gasteiger partial charge on any atom is 0.0551 e. The maximum absolute atomic E-state index is 11.5. The molecule has 4 fully saturated rings. The van der Waals surface area contributed by atoms with E-state index >= 15 is 0 Å². The Morgan fingerprint density at radius 2 is 1.59 bits per heavy atom. The number of nitrogens with one attached hydrogen (secondary N) is 1. The Balaban J connectivity index is 0.000000245. The van der Waals surface area contributed by atoms with Crippen LogP contribution in [0.15, 0.2) is 16.7 Å². The Hall–Kier alpha value is 0.0370. The van der Waals surface area contributed by atoms with Crippen molar-refractivity contribution >= 4 is 15.4 Å². The molecule has 4 bridgehead atoms. The summed E-state index contributed by atoms with van der Waals surface area (Å²) in [7, 11) is 0.750. The van der Waals surface area contributed by atoms with E-state index in [-0.39, 0.29) is 37.2 Å². The van der Waals surface area contributed by atoms with Gasteiger partial charge < -0.3 is 10.5 Å². The van der Waals surface area contributed by atoms with Gasteiger partial charge in [0.2, 0.25) is 0 Å². The quantitative estimate of drug-likeness (QED) is 0.275. The summed E-state index contributed by atoms with van der Waals surface area (Å²) in [4.78, 5) is 11.5. The molecular weight excluding hydrogens is 513 g/mol. The molecular formula is C23H38HfNOSi-2. The smallest absolute Gasteiger partial charge is 0.0551 e. The molecule has 5 rings (SSSR count). The van der Waals surface area contributed by atoms with Gasteiger partial charge in [-0.25, -0.2) is 5.57 Å². The van der Waals surface area contributed by atoms with Crippen LogP contribution in [-0.4, -0.2) is 15.4 Å². The van der Waals surface area contributed by atoms with Crippen molar-refractivity contribution in [3.8, 4) is 0 Å². The zero-order valence-corrected chi connectivity index (χ0v) is 23.2. The van der Waals surface area contributed by atoms with Gasteiger partial charge in [-0.2, -0.15) is 11.1 Å². The third-order valence-electron chi connectivity index (χ3n) is 7.07. The van der Waals surface area contributed by atoms with Crippen LogP contribution in [0.25, 0.3) is 5.73 Å². The summed E-state index contributed by atoms with van der Waals surface area (Å²) in [5.41, 5.74) is 11.9. The molecule has 0 heterocycles. The molecule has 4 heteroatoms. The number of hydrogen-bond acceptors (Lipinski definition) is 1. The van der Waals surface area contributed by atoms with Crippen molar-refractivity contribution < 1.29 is 30.6 Å². The van der Waals surface area contributed by atoms with Crippen molar-refractivity contribution in [2.24, 2.45) is 28.6 Å². The molecule has 5 aliphatic rings. The summed E-state index contributed by atoms with van der Waals surface area (Å²) in [5.74, 6) is 1.81. The van der Waals surface area contributed by atoms with Gasteiger partial charge in [0.15, 0.2) is 0 Å². The zero-order chi connectivity index (χ0) is 19.7. The first-order chi connectivity index (χ1) is 12.1. The molecule has 1 N–H and O–H groups in total. The normalized spacial score (nSPS) is 38.2. The zero-order valence-electron chi connectivity index (χ0n) is 18.5. The standard InChI is InChI=1S/C12H19NO.C9H13.C2H7Si.Hf/c1-11-3-8-2-9(4-11)6-12(5-8,7-11)10(13)14;1-6-5-7(2)9(4)8(6)3;1-3-2;/h8-9H,2-7H2,1H3,(H2,13,14);6H,1-4H3;3H,1-2H3;/q;-1;;/p-1. The predicted molar refractivity (Wildman–Crippen MR) is 113 cm³/mol. The molecule has 1 radical (unpaired) electrons. The van der Waals surface area contributed by atoms with Gasteiger partial charge in [0.05, 0.1) is 5.91 Å². The summed E-state index contributed by atoms with van der Waals surface area (Å²) in [6.45, 7) is 15.4. The minimum atomic E-state index is -0.266. The number of carbonyl (C=O) groups excluding carboxylic acids is 1. The average molecular weight is 551 g/mol. The minimum Gasteiger partial charge on any atom is -0.667 e. The Morgan fingerprint density at radius 3 is 1.85 bits per heavy atom. The fourth-order valence-electron chi connectivity index (χ4n) is 6.15. The summed E-state index contributed by atoms with van der Waals surface area (Å²) in [5, 5.41) is 0. The minimum absolute atomic E-state index is 0. The van der Waals surface area contributed by atoms with Crippen LogP contribution in [0.4, 0.5) is 0 Å². The van der Waals surface area contributed by atoms with Gasteiger partial charge in [-0.05, 0) is 55.8 Å². The molecule has 0 aromatic heterocycles. The fourth-order valence-corrected chi connectivity index (χ4v) is 6.15. The second-order valence-electron chi connectivity index (χ2n) is 9.76. The number of rotatable bonds is 1. The van der Waals surface area contributed by atoms with Gasteiger partial charge in [0, 0.05) is 40.8 Å². The molecule has 5 aliphatic carbocycles. The third-order valence-corrected chi connectivity index (χ3v) is 7.07. The van der Waals surface area contributed by atoms with Crippen LogP contribution in [0, 0.1) is 34.7 Å². The summed E-state index contributed by atoms with van der Waals surface area (Å²) in [6, 6.07) is 0.